The number of anilines is 2. The summed E-state index contributed by atoms with van der Waals surface area (Å²) in [4.78, 5) is 2.39. The lowest BCUT2D eigenvalue weighted by atomic mass is 10.1. The normalized spacial score (nSPS) is 17.2. The molecule has 1 saturated heterocycles. The molecule has 4 rings (SSSR count). The zero-order valence-corrected chi connectivity index (χ0v) is 15.4. The molecule has 0 atom stereocenters. The summed E-state index contributed by atoms with van der Waals surface area (Å²) in [6, 6.07) is 14.0. The molecular weight excluding hydrogens is 332 g/mol. The summed E-state index contributed by atoms with van der Waals surface area (Å²) in [5.74, 6) is 0.0561. The molecule has 0 amide bonds. The Labute approximate surface area is 150 Å². The van der Waals surface area contributed by atoms with E-state index in [9.17, 15) is 8.42 Å². The number of hydrogen-bond acceptors (Lipinski definition) is 3. The molecule has 2 aromatic carbocycles. The lowest BCUT2D eigenvalue weighted by Gasteiger charge is -2.22. The predicted molar refractivity (Wildman–Crippen MR) is 103 cm³/mol. The van der Waals surface area contributed by atoms with Crippen LogP contribution in [0.15, 0.2) is 42.5 Å². The van der Waals surface area contributed by atoms with Gasteiger partial charge in [0, 0.05) is 25.3 Å². The van der Waals surface area contributed by atoms with Crippen LogP contribution < -0.4 is 9.21 Å². The highest BCUT2D eigenvalue weighted by atomic mass is 32.2. The van der Waals surface area contributed by atoms with Gasteiger partial charge in [0.15, 0.2) is 0 Å². The minimum atomic E-state index is -3.35. The van der Waals surface area contributed by atoms with Gasteiger partial charge in [0.2, 0.25) is 10.0 Å². The molecule has 2 aromatic rings. The molecule has 2 aliphatic rings. The van der Waals surface area contributed by atoms with Crippen molar-refractivity contribution in [2.24, 2.45) is 0 Å². The lowest BCUT2D eigenvalue weighted by molar-refractivity contribution is 0.591. The Kier molecular flexibility index (Phi) is 4.20. The molecule has 0 spiro atoms. The quantitative estimate of drug-likeness (QED) is 0.842. The second-order valence-corrected chi connectivity index (χ2v) is 8.96. The summed E-state index contributed by atoms with van der Waals surface area (Å²) in [5.41, 5.74) is 5.22. The Morgan fingerprint density at radius 3 is 2.40 bits per heavy atom. The third-order valence-electron chi connectivity index (χ3n) is 5.19. The Hall–Kier alpha value is -2.01. The highest BCUT2D eigenvalue weighted by Crippen LogP contribution is 2.35. The zero-order chi connectivity index (χ0) is 17.4. The van der Waals surface area contributed by atoms with E-state index in [1.165, 1.54) is 18.5 Å². The SMILES string of the molecule is Cc1ccc(CS(=O)(=O)N2CCc3cc(N4CCCC4)ccc32)cc1. The van der Waals surface area contributed by atoms with E-state index >= 15 is 0 Å². The van der Waals surface area contributed by atoms with Crippen LogP contribution in [0.1, 0.15) is 29.5 Å². The average Bonchev–Trinajstić information content (AvgIpc) is 3.25. The van der Waals surface area contributed by atoms with Gasteiger partial charge in [-0.1, -0.05) is 29.8 Å². The van der Waals surface area contributed by atoms with E-state index in [0.29, 0.717) is 6.54 Å². The molecule has 0 aliphatic carbocycles. The van der Waals surface area contributed by atoms with E-state index in [-0.39, 0.29) is 5.75 Å². The van der Waals surface area contributed by atoms with E-state index in [1.54, 1.807) is 4.31 Å². The molecule has 0 aromatic heterocycles. The van der Waals surface area contributed by atoms with E-state index in [1.807, 2.05) is 37.3 Å². The second kappa shape index (κ2) is 6.37. The van der Waals surface area contributed by atoms with Gasteiger partial charge in [-0.2, -0.15) is 0 Å². The van der Waals surface area contributed by atoms with Gasteiger partial charge in [0.05, 0.1) is 11.4 Å². The van der Waals surface area contributed by atoms with E-state index in [4.69, 9.17) is 0 Å². The maximum Gasteiger partial charge on any atom is 0.239 e. The molecule has 132 valence electrons. The van der Waals surface area contributed by atoms with Crippen molar-refractivity contribution >= 4 is 21.4 Å². The first-order valence-electron chi connectivity index (χ1n) is 8.97. The van der Waals surface area contributed by atoms with Crippen molar-refractivity contribution in [3.05, 3.63) is 59.2 Å². The highest BCUT2D eigenvalue weighted by molar-refractivity contribution is 7.92. The summed E-state index contributed by atoms with van der Waals surface area (Å²) >= 11 is 0. The first-order chi connectivity index (χ1) is 12.0. The Balaban J connectivity index is 1.57. The molecule has 0 saturated carbocycles. The molecule has 2 aliphatic heterocycles. The molecule has 0 bridgehead atoms. The van der Waals surface area contributed by atoms with Gasteiger partial charge in [0.1, 0.15) is 0 Å². The van der Waals surface area contributed by atoms with Crippen LogP contribution in [-0.4, -0.2) is 28.1 Å². The first kappa shape index (κ1) is 16.5. The molecule has 5 heteroatoms. The molecule has 0 unspecified atom stereocenters. The fourth-order valence-corrected chi connectivity index (χ4v) is 5.41. The lowest BCUT2D eigenvalue weighted by Crippen LogP contribution is -2.30. The number of benzene rings is 2. The van der Waals surface area contributed by atoms with E-state index < -0.39 is 10.0 Å². The number of fused-ring (bicyclic) bond motifs is 1. The topological polar surface area (TPSA) is 40.6 Å². The van der Waals surface area contributed by atoms with Gasteiger partial charge in [-0.05, 0) is 55.5 Å². The molecule has 1 fully saturated rings. The monoisotopic (exact) mass is 356 g/mol. The van der Waals surface area contributed by atoms with Gasteiger partial charge in [-0.25, -0.2) is 8.42 Å². The van der Waals surface area contributed by atoms with Crippen molar-refractivity contribution in [3.8, 4) is 0 Å². The van der Waals surface area contributed by atoms with Crippen molar-refractivity contribution < 1.29 is 8.42 Å². The molecule has 4 nitrogen and oxygen atoms in total. The fraction of sp³-hybridized carbons (Fsp3) is 0.400. The van der Waals surface area contributed by atoms with Crippen LogP contribution in [0, 0.1) is 6.92 Å². The van der Waals surface area contributed by atoms with Crippen LogP contribution >= 0.6 is 0 Å². The average molecular weight is 356 g/mol. The maximum absolute atomic E-state index is 12.9. The van der Waals surface area contributed by atoms with Crippen molar-refractivity contribution in [2.75, 3.05) is 28.8 Å². The minimum absolute atomic E-state index is 0.0561. The highest BCUT2D eigenvalue weighted by Gasteiger charge is 2.30. The number of nitrogens with zero attached hydrogens (tertiary/aromatic N) is 2. The number of sulfonamides is 1. The predicted octanol–water partition coefficient (Wildman–Crippen LogP) is 3.49. The molecular formula is C20H24N2O2S. The van der Waals surface area contributed by atoms with Crippen molar-refractivity contribution in [3.63, 3.8) is 0 Å². The summed E-state index contributed by atoms with van der Waals surface area (Å²) in [6.45, 7) is 4.77. The van der Waals surface area contributed by atoms with E-state index in [0.717, 1.165) is 41.9 Å². The van der Waals surface area contributed by atoms with Crippen molar-refractivity contribution in [2.45, 2.75) is 31.9 Å². The number of rotatable bonds is 4. The van der Waals surface area contributed by atoms with Gasteiger partial charge in [-0.3, -0.25) is 4.31 Å². The van der Waals surface area contributed by atoms with Crippen LogP contribution in [-0.2, 0) is 22.2 Å². The van der Waals surface area contributed by atoms with E-state index in [2.05, 4.69) is 17.0 Å². The first-order valence-corrected chi connectivity index (χ1v) is 10.6. The van der Waals surface area contributed by atoms with Gasteiger partial charge >= 0.3 is 0 Å². The van der Waals surface area contributed by atoms with Gasteiger partial charge in [0.25, 0.3) is 0 Å². The Morgan fingerprint density at radius 1 is 0.960 bits per heavy atom. The smallest absolute Gasteiger partial charge is 0.239 e. The number of hydrogen-bond donors (Lipinski definition) is 0. The van der Waals surface area contributed by atoms with Crippen LogP contribution in [0.4, 0.5) is 11.4 Å². The summed E-state index contributed by atoms with van der Waals surface area (Å²) < 4.78 is 27.4. The van der Waals surface area contributed by atoms with Gasteiger partial charge in [-0.15, -0.1) is 0 Å². The summed E-state index contributed by atoms with van der Waals surface area (Å²) in [7, 11) is -3.35. The molecule has 25 heavy (non-hydrogen) atoms. The van der Waals surface area contributed by atoms with Crippen LogP contribution in [0.5, 0.6) is 0 Å². The third-order valence-corrected chi connectivity index (χ3v) is 6.94. The molecule has 0 radical (unpaired) electrons. The van der Waals surface area contributed by atoms with Crippen LogP contribution in [0.2, 0.25) is 0 Å². The Bertz CT molecular complexity index is 869. The summed E-state index contributed by atoms with van der Waals surface area (Å²) in [5, 5.41) is 0. The number of aryl methyl sites for hydroxylation is 1. The fourth-order valence-electron chi connectivity index (χ4n) is 3.79. The van der Waals surface area contributed by atoms with Crippen LogP contribution in [0.3, 0.4) is 0 Å². The largest absolute Gasteiger partial charge is 0.372 e. The zero-order valence-electron chi connectivity index (χ0n) is 14.6. The Morgan fingerprint density at radius 2 is 1.68 bits per heavy atom. The standard InChI is InChI=1S/C20H24N2O2S/c1-16-4-6-17(7-5-16)15-25(23,24)22-13-10-18-14-19(8-9-20(18)22)21-11-2-3-12-21/h4-9,14H,2-3,10-13,15H2,1H3. The third kappa shape index (κ3) is 3.25. The molecule has 0 N–H and O–H groups in total. The molecule has 2 heterocycles. The second-order valence-electron chi connectivity index (χ2n) is 7.07. The summed E-state index contributed by atoms with van der Waals surface area (Å²) in [6.07, 6.45) is 3.28. The minimum Gasteiger partial charge on any atom is -0.372 e. The van der Waals surface area contributed by atoms with Gasteiger partial charge < -0.3 is 4.90 Å². The van der Waals surface area contributed by atoms with Crippen LogP contribution in [0.25, 0.3) is 0 Å². The van der Waals surface area contributed by atoms with Crippen molar-refractivity contribution in [1.29, 1.82) is 0 Å². The van der Waals surface area contributed by atoms with Crippen molar-refractivity contribution in [1.82, 2.24) is 0 Å². The maximum atomic E-state index is 12.9.